The van der Waals surface area contributed by atoms with Crippen molar-refractivity contribution in [1.82, 2.24) is 0 Å². The van der Waals surface area contributed by atoms with Gasteiger partial charge in [-0.15, -0.1) is 0 Å². The summed E-state index contributed by atoms with van der Waals surface area (Å²) >= 11 is 0. The maximum absolute atomic E-state index is 9.43. The minimum atomic E-state index is -0.199. The van der Waals surface area contributed by atoms with Gasteiger partial charge in [0.25, 0.3) is 0 Å². The Morgan fingerprint density at radius 2 is 1.35 bits per heavy atom. The van der Waals surface area contributed by atoms with Gasteiger partial charge < -0.3 is 9.84 Å². The van der Waals surface area contributed by atoms with E-state index in [2.05, 4.69) is 36.5 Å². The summed E-state index contributed by atoms with van der Waals surface area (Å²) < 4.78 is 6.04. The summed E-state index contributed by atoms with van der Waals surface area (Å²) in [6.07, 6.45) is 0. The zero-order valence-electron chi connectivity index (χ0n) is 12.1. The van der Waals surface area contributed by atoms with Crippen LogP contribution in [-0.2, 0) is 6.61 Å². The lowest BCUT2D eigenvalue weighted by atomic mass is 9.66. The lowest BCUT2D eigenvalue weighted by Crippen LogP contribution is -2.47. The maximum Gasteiger partial charge on any atom is 0.143 e. The van der Waals surface area contributed by atoms with Gasteiger partial charge in [0.1, 0.15) is 42.7 Å². The molecule has 0 spiro atoms. The van der Waals surface area contributed by atoms with Crippen molar-refractivity contribution >= 4 is 53.2 Å². The first kappa shape index (κ1) is 14.3. The van der Waals surface area contributed by atoms with Crippen molar-refractivity contribution in [3.05, 3.63) is 5.56 Å². The lowest BCUT2D eigenvalue weighted by molar-refractivity contribution is 0.134. The Labute approximate surface area is 108 Å². The summed E-state index contributed by atoms with van der Waals surface area (Å²) in [5, 5.41) is 9.43. The fourth-order valence-electron chi connectivity index (χ4n) is 2.05. The number of aliphatic hydroxyl groups is 1. The molecular formula is C11H20B4O2. The Morgan fingerprint density at radius 1 is 0.941 bits per heavy atom. The third-order valence-electron chi connectivity index (χ3n) is 3.28. The molecule has 1 aromatic rings. The van der Waals surface area contributed by atoms with Gasteiger partial charge in [-0.2, -0.15) is 0 Å². The molecule has 0 saturated heterocycles. The van der Waals surface area contributed by atoms with Crippen LogP contribution < -0.4 is 26.6 Å². The van der Waals surface area contributed by atoms with Crippen molar-refractivity contribution in [3.8, 4) is 5.75 Å². The highest BCUT2D eigenvalue weighted by atomic mass is 16.5. The fourth-order valence-corrected chi connectivity index (χ4v) is 2.05. The summed E-state index contributed by atoms with van der Waals surface area (Å²) in [5.41, 5.74) is 5.36. The molecule has 0 heterocycles. The van der Waals surface area contributed by atoms with Gasteiger partial charge >= 0.3 is 0 Å². The van der Waals surface area contributed by atoms with Gasteiger partial charge in [0.2, 0.25) is 0 Å². The average Bonchev–Trinajstić information content (AvgIpc) is 2.21. The number of benzene rings is 1. The Balaban J connectivity index is 3.43. The molecule has 0 aliphatic carbocycles. The van der Waals surface area contributed by atoms with E-state index < -0.39 is 0 Å². The van der Waals surface area contributed by atoms with E-state index in [9.17, 15) is 5.11 Å². The monoisotopic (exact) mass is 228 g/mol. The summed E-state index contributed by atoms with van der Waals surface area (Å²) in [6, 6.07) is 0. The molecule has 6 heteroatoms. The lowest BCUT2D eigenvalue weighted by Gasteiger charge is -2.27. The van der Waals surface area contributed by atoms with Crippen LogP contribution in [-0.4, -0.2) is 42.1 Å². The Bertz CT molecular complexity index is 409. The van der Waals surface area contributed by atoms with Gasteiger partial charge in [-0.3, -0.25) is 0 Å². The van der Waals surface area contributed by atoms with Gasteiger partial charge in [-0.05, 0) is 26.3 Å². The van der Waals surface area contributed by atoms with E-state index in [1.54, 1.807) is 0 Å². The van der Waals surface area contributed by atoms with E-state index >= 15 is 0 Å². The van der Waals surface area contributed by atoms with E-state index in [0.29, 0.717) is 0 Å². The van der Waals surface area contributed by atoms with Crippen LogP contribution in [0.4, 0.5) is 0 Å². The predicted molar refractivity (Wildman–Crippen MR) is 85.5 cm³/mol. The highest BCUT2D eigenvalue weighted by Crippen LogP contribution is 2.12. The molecule has 2 nitrogen and oxygen atoms in total. The van der Waals surface area contributed by atoms with Crippen molar-refractivity contribution < 1.29 is 9.84 Å². The quantitative estimate of drug-likeness (QED) is 0.516. The van der Waals surface area contributed by atoms with Crippen LogP contribution >= 0.6 is 0 Å². The molecule has 1 aromatic carbocycles. The second-order valence-corrected chi connectivity index (χ2v) is 5.68. The Hall–Kier alpha value is -0.760. The smallest absolute Gasteiger partial charge is 0.143 e. The van der Waals surface area contributed by atoms with Gasteiger partial charge in [-0.25, -0.2) is 0 Å². The highest BCUT2D eigenvalue weighted by Gasteiger charge is 2.19. The van der Waals surface area contributed by atoms with E-state index in [4.69, 9.17) is 4.74 Å². The number of aliphatic hydroxyl groups excluding tert-OH is 1. The molecule has 0 bridgehead atoms. The van der Waals surface area contributed by atoms with Crippen LogP contribution in [0.1, 0.15) is 26.3 Å². The van der Waals surface area contributed by atoms with Crippen molar-refractivity contribution in [2.45, 2.75) is 33.0 Å². The number of hydrogen-bond acceptors (Lipinski definition) is 2. The van der Waals surface area contributed by atoms with Crippen LogP contribution in [0, 0.1) is 0 Å². The fraction of sp³-hybridized carbons (Fsp3) is 0.455. The normalized spacial score (nSPS) is 11.5. The number of rotatable bonds is 2. The molecule has 1 rings (SSSR count). The Kier molecular flexibility index (Phi) is 4.08. The molecule has 0 atom stereocenters. The molecule has 0 saturated carbocycles. The summed E-state index contributed by atoms with van der Waals surface area (Å²) in [6.45, 7) is 6.25. The SMILES string of the molecule is Bc1c(B)c(OC(C)(C)C)c(B)c(B)c1CO. The zero-order valence-corrected chi connectivity index (χ0v) is 12.1. The van der Waals surface area contributed by atoms with Crippen LogP contribution in [0.15, 0.2) is 0 Å². The Morgan fingerprint density at radius 3 is 1.65 bits per heavy atom. The van der Waals surface area contributed by atoms with Gasteiger partial charge in [0.15, 0.2) is 0 Å². The van der Waals surface area contributed by atoms with Crippen molar-refractivity contribution in [2.24, 2.45) is 0 Å². The maximum atomic E-state index is 9.43. The molecule has 0 aliphatic rings. The number of hydrogen-bond donors (Lipinski definition) is 1. The zero-order chi connectivity index (χ0) is 13.4. The molecule has 88 valence electrons. The first-order valence-electron chi connectivity index (χ1n) is 6.08. The average molecular weight is 228 g/mol. The third kappa shape index (κ3) is 2.92. The van der Waals surface area contributed by atoms with Gasteiger partial charge in [-0.1, -0.05) is 21.9 Å². The first-order chi connectivity index (χ1) is 7.69. The molecule has 0 radical (unpaired) electrons. The number of ether oxygens (including phenoxy) is 1. The molecule has 0 aromatic heterocycles. The molecular weight excluding hydrogens is 207 g/mol. The minimum Gasteiger partial charge on any atom is -0.489 e. The largest absolute Gasteiger partial charge is 0.489 e. The summed E-state index contributed by atoms with van der Waals surface area (Å²) in [4.78, 5) is 0. The second-order valence-electron chi connectivity index (χ2n) is 5.68. The second kappa shape index (κ2) is 4.85. The topological polar surface area (TPSA) is 29.5 Å². The first-order valence-corrected chi connectivity index (χ1v) is 6.08. The van der Waals surface area contributed by atoms with Crippen molar-refractivity contribution in [2.75, 3.05) is 0 Å². The van der Waals surface area contributed by atoms with E-state index in [-0.39, 0.29) is 12.2 Å². The summed E-state index contributed by atoms with van der Waals surface area (Å²) in [5.74, 6) is 0.963. The molecule has 17 heavy (non-hydrogen) atoms. The van der Waals surface area contributed by atoms with Crippen molar-refractivity contribution in [3.63, 3.8) is 0 Å². The van der Waals surface area contributed by atoms with E-state index in [1.165, 1.54) is 0 Å². The molecule has 0 fully saturated rings. The van der Waals surface area contributed by atoms with Crippen molar-refractivity contribution in [1.29, 1.82) is 0 Å². The van der Waals surface area contributed by atoms with E-state index in [1.807, 2.05) is 15.7 Å². The minimum absolute atomic E-state index is 0.0924. The summed E-state index contributed by atoms with van der Waals surface area (Å²) in [7, 11) is 8.20. The predicted octanol–water partition coefficient (Wildman–Crippen LogP) is -4.61. The standard InChI is InChI=1S/C11H20B4O2/c1-11(2,3)17-10-8(14)6(12)5(4-16)7(13)9(10)15/h16H,4,12-15H2,1-3H3. The van der Waals surface area contributed by atoms with Crippen LogP contribution in [0.5, 0.6) is 5.75 Å². The molecule has 0 amide bonds. The van der Waals surface area contributed by atoms with Gasteiger partial charge in [0, 0.05) is 0 Å². The van der Waals surface area contributed by atoms with Crippen LogP contribution in [0.2, 0.25) is 0 Å². The van der Waals surface area contributed by atoms with Gasteiger partial charge in [0.05, 0.1) is 6.61 Å². The molecule has 1 N–H and O–H groups in total. The molecule has 0 unspecified atom stereocenters. The van der Waals surface area contributed by atoms with Crippen LogP contribution in [0.25, 0.3) is 0 Å². The third-order valence-corrected chi connectivity index (χ3v) is 3.28. The van der Waals surface area contributed by atoms with E-state index in [0.717, 1.165) is 33.2 Å². The molecule has 0 aliphatic heterocycles. The highest BCUT2D eigenvalue weighted by molar-refractivity contribution is 6.58. The van der Waals surface area contributed by atoms with Crippen LogP contribution in [0.3, 0.4) is 0 Å².